The second-order valence-corrected chi connectivity index (χ2v) is 6.01. The smallest absolute Gasteiger partial charge is 0.160 e. The lowest BCUT2D eigenvalue weighted by Crippen LogP contribution is -3.08. The van der Waals surface area contributed by atoms with Crippen LogP contribution in [0.25, 0.3) is 11.0 Å². The average molecular weight is 326 g/mol. The molecule has 5 heteroatoms. The van der Waals surface area contributed by atoms with Crippen LogP contribution in [0.2, 0.25) is 0 Å². The van der Waals surface area contributed by atoms with Gasteiger partial charge in [0.1, 0.15) is 6.33 Å². The van der Waals surface area contributed by atoms with Gasteiger partial charge in [0.05, 0.1) is 38.8 Å². The Morgan fingerprint density at radius 3 is 2.62 bits per heavy atom. The zero-order valence-corrected chi connectivity index (χ0v) is 14.5. The molecule has 0 bridgehead atoms. The fourth-order valence-corrected chi connectivity index (χ4v) is 2.90. The van der Waals surface area contributed by atoms with Crippen LogP contribution in [0.5, 0.6) is 11.5 Å². The van der Waals surface area contributed by atoms with Crippen molar-refractivity contribution < 1.29 is 14.4 Å². The molecule has 126 valence electrons. The predicted molar refractivity (Wildman–Crippen MR) is 94.7 cm³/mol. The number of nitrogens with zero attached hydrogens (tertiary/aromatic N) is 2. The molecule has 1 aromatic heterocycles. The zero-order chi connectivity index (χ0) is 16.9. The molecule has 0 aliphatic rings. The third-order valence-corrected chi connectivity index (χ3v) is 4.26. The fourth-order valence-electron chi connectivity index (χ4n) is 2.90. The Kier molecular flexibility index (Phi) is 5.01. The highest BCUT2D eigenvalue weighted by atomic mass is 16.5. The Morgan fingerprint density at radius 1 is 1.04 bits per heavy atom. The summed E-state index contributed by atoms with van der Waals surface area (Å²) in [5, 5.41) is 0. The second kappa shape index (κ2) is 7.36. The molecule has 1 N–H and O–H groups in total. The van der Waals surface area contributed by atoms with E-state index in [1.54, 1.807) is 14.2 Å². The number of para-hydroxylation sites is 2. The molecule has 2 aromatic carbocycles. The van der Waals surface area contributed by atoms with E-state index in [9.17, 15) is 0 Å². The number of benzene rings is 2. The standard InChI is InChI=1S/C19H23N3O2/c1-21(14-22-13-20-16-6-4-5-7-17(16)22)11-10-15-8-9-18(23-2)19(12-15)24-3/h4-9,12-13H,10-11,14H2,1-3H3/p+1. The third kappa shape index (κ3) is 3.51. The van der Waals surface area contributed by atoms with Crippen molar-refractivity contribution in [1.82, 2.24) is 9.55 Å². The first-order chi connectivity index (χ1) is 11.7. The normalized spacial score (nSPS) is 12.3. The van der Waals surface area contributed by atoms with Gasteiger partial charge < -0.3 is 14.4 Å². The summed E-state index contributed by atoms with van der Waals surface area (Å²) in [6.07, 6.45) is 2.91. The Bertz CT molecular complexity index is 813. The van der Waals surface area contributed by atoms with E-state index in [0.29, 0.717) is 0 Å². The van der Waals surface area contributed by atoms with E-state index in [4.69, 9.17) is 9.47 Å². The van der Waals surface area contributed by atoms with Crippen LogP contribution in [-0.2, 0) is 13.1 Å². The lowest BCUT2D eigenvalue weighted by atomic mass is 10.1. The van der Waals surface area contributed by atoms with Gasteiger partial charge in [-0.2, -0.15) is 0 Å². The largest absolute Gasteiger partial charge is 0.493 e. The van der Waals surface area contributed by atoms with E-state index in [0.717, 1.165) is 36.6 Å². The molecule has 1 heterocycles. The topological polar surface area (TPSA) is 40.7 Å². The lowest BCUT2D eigenvalue weighted by Gasteiger charge is -2.16. The molecule has 0 radical (unpaired) electrons. The summed E-state index contributed by atoms with van der Waals surface area (Å²) < 4.78 is 12.9. The Balaban J connectivity index is 1.62. The number of methoxy groups -OCH3 is 2. The molecule has 1 atom stereocenters. The lowest BCUT2D eigenvalue weighted by molar-refractivity contribution is -0.902. The summed E-state index contributed by atoms with van der Waals surface area (Å²) in [7, 11) is 5.53. The summed E-state index contributed by atoms with van der Waals surface area (Å²) in [6, 6.07) is 14.4. The molecular formula is C19H24N3O2+. The summed E-state index contributed by atoms with van der Waals surface area (Å²) in [6.45, 7) is 1.93. The summed E-state index contributed by atoms with van der Waals surface area (Å²) >= 11 is 0. The molecule has 0 saturated carbocycles. The Hall–Kier alpha value is -2.53. The number of aromatic nitrogens is 2. The average Bonchev–Trinajstić information content (AvgIpc) is 3.02. The van der Waals surface area contributed by atoms with Gasteiger partial charge in [0.15, 0.2) is 18.2 Å². The van der Waals surface area contributed by atoms with Crippen molar-refractivity contribution in [2.45, 2.75) is 13.1 Å². The summed E-state index contributed by atoms with van der Waals surface area (Å²) in [5.74, 6) is 1.56. The number of fused-ring (bicyclic) bond motifs is 1. The van der Waals surface area contributed by atoms with Crippen molar-refractivity contribution in [2.75, 3.05) is 27.8 Å². The molecule has 0 fully saturated rings. The molecule has 24 heavy (non-hydrogen) atoms. The minimum absolute atomic E-state index is 0.770. The highest BCUT2D eigenvalue weighted by molar-refractivity contribution is 5.74. The van der Waals surface area contributed by atoms with E-state index in [2.05, 4.69) is 40.9 Å². The van der Waals surface area contributed by atoms with Crippen LogP contribution in [0.1, 0.15) is 5.56 Å². The van der Waals surface area contributed by atoms with E-state index in [1.807, 2.05) is 24.5 Å². The van der Waals surface area contributed by atoms with E-state index in [-0.39, 0.29) is 0 Å². The van der Waals surface area contributed by atoms with Gasteiger partial charge in [-0.25, -0.2) is 4.98 Å². The molecule has 0 aliphatic carbocycles. The van der Waals surface area contributed by atoms with Crippen molar-refractivity contribution in [3.63, 3.8) is 0 Å². The van der Waals surface area contributed by atoms with Gasteiger partial charge in [-0.1, -0.05) is 18.2 Å². The summed E-state index contributed by atoms with van der Waals surface area (Å²) in [5.41, 5.74) is 3.48. The minimum Gasteiger partial charge on any atom is -0.493 e. The molecule has 5 nitrogen and oxygen atoms in total. The number of hydrogen-bond acceptors (Lipinski definition) is 3. The number of rotatable bonds is 7. The van der Waals surface area contributed by atoms with Crippen molar-refractivity contribution in [2.24, 2.45) is 0 Å². The maximum Gasteiger partial charge on any atom is 0.160 e. The van der Waals surface area contributed by atoms with Crippen molar-refractivity contribution in [1.29, 1.82) is 0 Å². The van der Waals surface area contributed by atoms with Gasteiger partial charge in [0.2, 0.25) is 0 Å². The van der Waals surface area contributed by atoms with Crippen LogP contribution in [0, 0.1) is 0 Å². The van der Waals surface area contributed by atoms with Gasteiger partial charge in [0, 0.05) is 6.42 Å². The fraction of sp³-hybridized carbons (Fsp3) is 0.316. The molecule has 3 rings (SSSR count). The Morgan fingerprint density at radius 2 is 1.83 bits per heavy atom. The number of quaternary nitrogens is 1. The molecular weight excluding hydrogens is 302 g/mol. The van der Waals surface area contributed by atoms with Crippen LogP contribution in [0.15, 0.2) is 48.8 Å². The first kappa shape index (κ1) is 16.3. The van der Waals surface area contributed by atoms with Crippen LogP contribution in [-0.4, -0.2) is 37.4 Å². The first-order valence-corrected chi connectivity index (χ1v) is 8.13. The molecule has 3 aromatic rings. The maximum absolute atomic E-state index is 5.37. The van der Waals surface area contributed by atoms with Crippen LogP contribution < -0.4 is 14.4 Å². The molecule has 0 saturated heterocycles. The number of imidazole rings is 1. The van der Waals surface area contributed by atoms with Gasteiger partial charge in [-0.3, -0.25) is 4.57 Å². The zero-order valence-electron chi connectivity index (χ0n) is 14.5. The molecule has 0 spiro atoms. The van der Waals surface area contributed by atoms with Gasteiger partial charge in [0.25, 0.3) is 0 Å². The van der Waals surface area contributed by atoms with E-state index in [1.165, 1.54) is 16.0 Å². The number of nitrogens with one attached hydrogen (secondary N) is 1. The second-order valence-electron chi connectivity index (χ2n) is 6.01. The van der Waals surface area contributed by atoms with Gasteiger partial charge in [-0.15, -0.1) is 0 Å². The van der Waals surface area contributed by atoms with Crippen LogP contribution in [0.4, 0.5) is 0 Å². The number of ether oxygens (including phenoxy) is 2. The Labute approximate surface area is 142 Å². The monoisotopic (exact) mass is 326 g/mol. The van der Waals surface area contributed by atoms with Gasteiger partial charge in [-0.05, 0) is 29.8 Å². The molecule has 1 unspecified atom stereocenters. The first-order valence-electron chi connectivity index (χ1n) is 8.13. The van der Waals surface area contributed by atoms with Crippen molar-refractivity contribution in [3.05, 3.63) is 54.4 Å². The molecule has 0 aliphatic heterocycles. The quantitative estimate of drug-likeness (QED) is 0.719. The summed E-state index contributed by atoms with van der Waals surface area (Å²) in [4.78, 5) is 5.87. The highest BCUT2D eigenvalue weighted by Gasteiger charge is 2.09. The third-order valence-electron chi connectivity index (χ3n) is 4.26. The van der Waals surface area contributed by atoms with E-state index >= 15 is 0 Å². The van der Waals surface area contributed by atoms with Crippen LogP contribution in [0.3, 0.4) is 0 Å². The number of hydrogen-bond donors (Lipinski definition) is 1. The SMILES string of the molecule is COc1ccc(CC[NH+](C)Cn2cnc3ccccc32)cc1OC. The highest BCUT2D eigenvalue weighted by Crippen LogP contribution is 2.27. The molecule has 0 amide bonds. The maximum atomic E-state index is 5.37. The van der Waals surface area contributed by atoms with Crippen molar-refractivity contribution in [3.8, 4) is 11.5 Å². The van der Waals surface area contributed by atoms with E-state index < -0.39 is 0 Å². The predicted octanol–water partition coefficient (Wildman–Crippen LogP) is 1.77. The minimum atomic E-state index is 0.770. The van der Waals surface area contributed by atoms with Crippen LogP contribution >= 0.6 is 0 Å². The number of likely N-dealkylation sites (N-methyl/N-ethyl adjacent to an activating group) is 1. The van der Waals surface area contributed by atoms with Crippen molar-refractivity contribution >= 4 is 11.0 Å². The van der Waals surface area contributed by atoms with Gasteiger partial charge >= 0.3 is 0 Å².